The highest BCUT2D eigenvalue weighted by Crippen LogP contribution is 2.24. The van der Waals surface area contributed by atoms with Gasteiger partial charge in [0.1, 0.15) is 11.4 Å². The molecule has 0 heterocycles. The molecule has 1 amide bonds. The van der Waals surface area contributed by atoms with Gasteiger partial charge in [-0.2, -0.15) is 0 Å². The summed E-state index contributed by atoms with van der Waals surface area (Å²) in [6.45, 7) is 6.35. The van der Waals surface area contributed by atoms with Crippen molar-refractivity contribution >= 4 is 11.8 Å². The lowest BCUT2D eigenvalue weighted by Gasteiger charge is -2.20. The van der Waals surface area contributed by atoms with E-state index in [0.717, 1.165) is 24.3 Å². The highest BCUT2D eigenvalue weighted by Gasteiger charge is 2.16. The molecule has 0 bridgehead atoms. The molecule has 1 rings (SSSR count). The van der Waals surface area contributed by atoms with Gasteiger partial charge in [-0.25, -0.2) is 4.79 Å². The molecule has 0 aliphatic carbocycles. The second kappa shape index (κ2) is 7.14. The third-order valence-electron chi connectivity index (χ3n) is 2.58. The summed E-state index contributed by atoms with van der Waals surface area (Å²) < 4.78 is 10.6. The number of rotatable bonds is 5. The van der Waals surface area contributed by atoms with Crippen molar-refractivity contribution in [1.29, 1.82) is 0 Å². The molecule has 0 unspecified atom stereocenters. The van der Waals surface area contributed by atoms with Crippen LogP contribution in [-0.2, 0) is 11.2 Å². The summed E-state index contributed by atoms with van der Waals surface area (Å²) in [6, 6.07) is 5.59. The molecule has 5 heteroatoms. The number of ether oxygens (including phenoxy) is 2. The number of anilines is 1. The first-order chi connectivity index (χ1) is 9.35. The topological polar surface area (TPSA) is 59.6 Å². The first kappa shape index (κ1) is 16.3. The molecule has 1 aromatic carbocycles. The molecule has 0 aliphatic rings. The van der Waals surface area contributed by atoms with E-state index in [4.69, 9.17) is 9.47 Å². The van der Waals surface area contributed by atoms with Gasteiger partial charge in [0.25, 0.3) is 0 Å². The molecule has 0 aliphatic heterocycles. The number of hydrogen-bond donors (Lipinski definition) is 2. The minimum atomic E-state index is -0.513. The van der Waals surface area contributed by atoms with Gasteiger partial charge in [-0.1, -0.05) is 6.07 Å². The molecule has 0 saturated carbocycles. The Bertz CT molecular complexity index is 453. The minimum Gasteiger partial charge on any atom is -0.496 e. The van der Waals surface area contributed by atoms with E-state index in [1.165, 1.54) is 0 Å². The predicted molar refractivity (Wildman–Crippen MR) is 80.5 cm³/mol. The van der Waals surface area contributed by atoms with Crippen LogP contribution in [0.3, 0.4) is 0 Å². The Labute approximate surface area is 120 Å². The third-order valence-corrected chi connectivity index (χ3v) is 2.58. The monoisotopic (exact) mass is 280 g/mol. The van der Waals surface area contributed by atoms with Gasteiger partial charge in [-0.15, -0.1) is 0 Å². The largest absolute Gasteiger partial charge is 0.496 e. The quantitative estimate of drug-likeness (QED) is 0.870. The zero-order chi connectivity index (χ0) is 15.2. The van der Waals surface area contributed by atoms with Gasteiger partial charge in [0.05, 0.1) is 7.11 Å². The fourth-order valence-electron chi connectivity index (χ4n) is 1.71. The van der Waals surface area contributed by atoms with Crippen molar-refractivity contribution in [3.63, 3.8) is 0 Å². The van der Waals surface area contributed by atoms with Crippen molar-refractivity contribution in [1.82, 2.24) is 5.32 Å². The molecular formula is C15H24N2O3. The number of benzene rings is 1. The zero-order valence-corrected chi connectivity index (χ0v) is 12.9. The normalized spacial score (nSPS) is 11.1. The molecular weight excluding hydrogens is 256 g/mol. The second-order valence-corrected chi connectivity index (χ2v) is 5.51. The van der Waals surface area contributed by atoms with Crippen LogP contribution in [0.1, 0.15) is 26.3 Å². The molecule has 0 aromatic heterocycles. The van der Waals surface area contributed by atoms with E-state index < -0.39 is 11.7 Å². The molecule has 5 nitrogen and oxygen atoms in total. The molecule has 0 fully saturated rings. The van der Waals surface area contributed by atoms with E-state index >= 15 is 0 Å². The van der Waals surface area contributed by atoms with Gasteiger partial charge in [-0.05, 0) is 52.4 Å². The maximum atomic E-state index is 11.7. The Balaban J connectivity index is 2.75. The fourth-order valence-corrected chi connectivity index (χ4v) is 1.71. The Kier molecular flexibility index (Phi) is 5.82. The van der Waals surface area contributed by atoms with Crippen LogP contribution in [0.25, 0.3) is 0 Å². The second-order valence-electron chi connectivity index (χ2n) is 5.51. The molecule has 0 radical (unpaired) electrons. The number of hydrogen-bond acceptors (Lipinski definition) is 4. The van der Waals surface area contributed by atoms with Crippen LogP contribution in [-0.4, -0.2) is 32.4 Å². The highest BCUT2D eigenvalue weighted by molar-refractivity contribution is 5.85. The van der Waals surface area contributed by atoms with Crippen molar-refractivity contribution in [2.45, 2.75) is 32.8 Å². The number of likely N-dealkylation sites (N-methyl/N-ethyl adjacent to an activating group) is 1. The molecule has 20 heavy (non-hydrogen) atoms. The van der Waals surface area contributed by atoms with E-state index in [1.54, 1.807) is 13.2 Å². The van der Waals surface area contributed by atoms with Crippen LogP contribution in [0.5, 0.6) is 5.75 Å². The lowest BCUT2D eigenvalue weighted by molar-refractivity contribution is 0.0636. The number of carbonyl (C=O) groups excluding carboxylic acids is 1. The number of carbonyl (C=O) groups is 1. The van der Waals surface area contributed by atoms with Crippen molar-refractivity contribution in [2.75, 3.05) is 26.0 Å². The molecule has 0 atom stereocenters. The summed E-state index contributed by atoms with van der Waals surface area (Å²) in [6.07, 6.45) is 0.398. The lowest BCUT2D eigenvalue weighted by atomic mass is 10.1. The van der Waals surface area contributed by atoms with Gasteiger partial charge < -0.3 is 14.8 Å². The van der Waals surface area contributed by atoms with Gasteiger partial charge in [-0.3, -0.25) is 5.32 Å². The fraction of sp³-hybridized carbons (Fsp3) is 0.533. The van der Waals surface area contributed by atoms with Crippen LogP contribution >= 0.6 is 0 Å². The van der Waals surface area contributed by atoms with Crippen LogP contribution in [0.2, 0.25) is 0 Å². The van der Waals surface area contributed by atoms with Crippen molar-refractivity contribution in [3.05, 3.63) is 23.8 Å². The summed E-state index contributed by atoms with van der Waals surface area (Å²) >= 11 is 0. The van der Waals surface area contributed by atoms with Gasteiger partial charge in [0.15, 0.2) is 0 Å². The molecule has 2 N–H and O–H groups in total. The average Bonchev–Trinajstić information content (AvgIpc) is 2.34. The summed E-state index contributed by atoms with van der Waals surface area (Å²) in [7, 11) is 3.53. The summed E-state index contributed by atoms with van der Waals surface area (Å²) in [5, 5.41) is 5.79. The standard InChI is InChI=1S/C15H24N2O3/c1-15(2,3)20-14(18)17-12-7-6-11(8-9-16-4)13(10-12)19-5/h6-7,10,16H,8-9H2,1-5H3,(H,17,18). The molecule has 0 saturated heterocycles. The van der Waals surface area contributed by atoms with E-state index in [2.05, 4.69) is 10.6 Å². The molecule has 112 valence electrons. The summed E-state index contributed by atoms with van der Waals surface area (Å²) in [5.41, 5.74) is 1.24. The maximum Gasteiger partial charge on any atom is 0.412 e. The first-order valence-corrected chi connectivity index (χ1v) is 6.67. The Morgan fingerprint density at radius 3 is 2.55 bits per heavy atom. The van der Waals surface area contributed by atoms with Crippen LogP contribution in [0.4, 0.5) is 10.5 Å². The van der Waals surface area contributed by atoms with E-state index in [-0.39, 0.29) is 0 Å². The van der Waals surface area contributed by atoms with Crippen molar-refractivity contribution in [3.8, 4) is 5.75 Å². The first-order valence-electron chi connectivity index (χ1n) is 6.67. The van der Waals surface area contributed by atoms with E-state index in [0.29, 0.717) is 5.69 Å². The van der Waals surface area contributed by atoms with Crippen molar-refractivity contribution in [2.24, 2.45) is 0 Å². The average molecular weight is 280 g/mol. The van der Waals surface area contributed by atoms with Crippen LogP contribution in [0.15, 0.2) is 18.2 Å². The van der Waals surface area contributed by atoms with Gasteiger partial charge >= 0.3 is 6.09 Å². The Hall–Kier alpha value is -1.75. The Morgan fingerprint density at radius 2 is 2.00 bits per heavy atom. The molecule has 1 aromatic rings. The minimum absolute atomic E-state index is 0.470. The number of methoxy groups -OCH3 is 1. The Morgan fingerprint density at radius 1 is 1.30 bits per heavy atom. The smallest absolute Gasteiger partial charge is 0.412 e. The maximum absolute atomic E-state index is 11.7. The van der Waals surface area contributed by atoms with Gasteiger partial charge in [0, 0.05) is 11.8 Å². The number of nitrogens with one attached hydrogen (secondary N) is 2. The lowest BCUT2D eigenvalue weighted by Crippen LogP contribution is -2.27. The third kappa shape index (κ3) is 5.48. The summed E-state index contributed by atoms with van der Waals surface area (Å²) in [5.74, 6) is 0.758. The van der Waals surface area contributed by atoms with Gasteiger partial charge in [0.2, 0.25) is 0 Å². The predicted octanol–water partition coefficient (Wildman–Crippen LogP) is 2.80. The molecule has 0 spiro atoms. The SMILES string of the molecule is CNCCc1ccc(NC(=O)OC(C)(C)C)cc1OC. The van der Waals surface area contributed by atoms with E-state index in [1.807, 2.05) is 40.0 Å². The van der Waals surface area contributed by atoms with Crippen molar-refractivity contribution < 1.29 is 14.3 Å². The van der Waals surface area contributed by atoms with Crippen LogP contribution < -0.4 is 15.4 Å². The highest BCUT2D eigenvalue weighted by atomic mass is 16.6. The van der Waals surface area contributed by atoms with Crippen LogP contribution in [0, 0.1) is 0 Å². The van der Waals surface area contributed by atoms with E-state index in [9.17, 15) is 4.79 Å². The zero-order valence-electron chi connectivity index (χ0n) is 12.9. The summed E-state index contributed by atoms with van der Waals surface area (Å²) in [4.78, 5) is 11.7. The number of amides is 1.